The lowest BCUT2D eigenvalue weighted by Gasteiger charge is -2.28. The van der Waals surface area contributed by atoms with Crippen LogP contribution in [0.25, 0.3) is 0 Å². The fourth-order valence-electron chi connectivity index (χ4n) is 2.48. The molecule has 1 N–H and O–H groups in total. The predicted octanol–water partition coefficient (Wildman–Crippen LogP) is 2.31. The van der Waals surface area contributed by atoms with Gasteiger partial charge in [0, 0.05) is 42.4 Å². The maximum atomic E-state index is 12.2. The molecule has 3 nitrogen and oxygen atoms in total. The molecular formula is C15H24N2OS. The Balaban J connectivity index is 1.79. The molecule has 0 saturated carbocycles. The van der Waals surface area contributed by atoms with E-state index in [0.29, 0.717) is 18.2 Å². The van der Waals surface area contributed by atoms with E-state index in [1.54, 1.807) is 0 Å². The van der Waals surface area contributed by atoms with Crippen LogP contribution in [-0.4, -0.2) is 37.0 Å². The molecule has 106 valence electrons. The number of nitrogens with one attached hydrogen (secondary N) is 1. The van der Waals surface area contributed by atoms with E-state index in [1.165, 1.54) is 9.75 Å². The van der Waals surface area contributed by atoms with E-state index in [-0.39, 0.29) is 0 Å². The average Bonchev–Trinajstić information content (AvgIpc) is 2.87. The summed E-state index contributed by atoms with van der Waals surface area (Å²) < 4.78 is 0. The highest BCUT2D eigenvalue weighted by Gasteiger charge is 2.18. The molecule has 2 heterocycles. The fraction of sp³-hybridized carbons (Fsp3) is 0.667. The van der Waals surface area contributed by atoms with Crippen molar-refractivity contribution in [2.75, 3.05) is 26.2 Å². The van der Waals surface area contributed by atoms with Gasteiger partial charge in [0.25, 0.3) is 0 Å². The third kappa shape index (κ3) is 4.32. The first-order valence-corrected chi connectivity index (χ1v) is 8.06. The van der Waals surface area contributed by atoms with E-state index in [4.69, 9.17) is 0 Å². The zero-order chi connectivity index (χ0) is 13.7. The lowest BCUT2D eigenvalue weighted by Crippen LogP contribution is -2.46. The number of thiophene rings is 1. The van der Waals surface area contributed by atoms with Gasteiger partial charge in [-0.25, -0.2) is 0 Å². The third-order valence-electron chi connectivity index (χ3n) is 3.61. The van der Waals surface area contributed by atoms with Gasteiger partial charge in [-0.1, -0.05) is 13.8 Å². The summed E-state index contributed by atoms with van der Waals surface area (Å²) in [5.74, 6) is 0.756. The number of piperazine rings is 1. The van der Waals surface area contributed by atoms with Crippen molar-refractivity contribution in [2.45, 2.75) is 33.1 Å². The van der Waals surface area contributed by atoms with Gasteiger partial charge in [-0.2, -0.15) is 0 Å². The summed E-state index contributed by atoms with van der Waals surface area (Å²) in [6, 6.07) is 4.43. The van der Waals surface area contributed by atoms with E-state index >= 15 is 0 Å². The molecule has 1 aliphatic heterocycles. The smallest absolute Gasteiger partial charge is 0.222 e. The first kappa shape index (κ1) is 14.5. The maximum Gasteiger partial charge on any atom is 0.222 e. The van der Waals surface area contributed by atoms with Crippen LogP contribution in [0.3, 0.4) is 0 Å². The molecule has 1 unspecified atom stereocenters. The molecule has 2 rings (SSSR count). The summed E-state index contributed by atoms with van der Waals surface area (Å²) >= 11 is 1.89. The lowest BCUT2D eigenvalue weighted by molar-refractivity contribution is -0.132. The summed E-state index contributed by atoms with van der Waals surface area (Å²) in [7, 11) is 0. The summed E-state index contributed by atoms with van der Waals surface area (Å²) in [6.07, 6.45) is 2.82. The molecule has 0 aliphatic carbocycles. The number of aryl methyl sites for hydroxylation is 1. The Morgan fingerprint density at radius 2 is 2.05 bits per heavy atom. The highest BCUT2D eigenvalue weighted by molar-refractivity contribution is 7.11. The molecule has 0 spiro atoms. The number of nitrogens with zero attached hydrogens (tertiary/aromatic N) is 1. The van der Waals surface area contributed by atoms with Crippen LogP contribution < -0.4 is 5.32 Å². The van der Waals surface area contributed by atoms with Gasteiger partial charge in [0.05, 0.1) is 0 Å². The van der Waals surface area contributed by atoms with Gasteiger partial charge in [0.2, 0.25) is 5.91 Å². The monoisotopic (exact) mass is 280 g/mol. The van der Waals surface area contributed by atoms with E-state index in [0.717, 1.165) is 39.0 Å². The molecule has 4 heteroatoms. The first-order valence-electron chi connectivity index (χ1n) is 7.25. The van der Waals surface area contributed by atoms with Gasteiger partial charge in [0.1, 0.15) is 0 Å². The second-order valence-electron chi connectivity index (χ2n) is 5.37. The zero-order valence-corrected chi connectivity index (χ0v) is 12.8. The molecular weight excluding hydrogens is 256 g/mol. The molecule has 0 bridgehead atoms. The van der Waals surface area contributed by atoms with Crippen molar-refractivity contribution in [3.8, 4) is 0 Å². The molecule has 1 amide bonds. The Labute approximate surface area is 120 Å². The Kier molecular flexibility index (Phi) is 5.40. The van der Waals surface area contributed by atoms with Crippen molar-refractivity contribution < 1.29 is 4.79 Å². The standard InChI is InChI=1S/C15H24N2OS/c1-3-13-4-5-14(19-13)10-12(2)11-15(18)17-8-6-16-7-9-17/h4-5,12,16H,3,6-11H2,1-2H3. The Hall–Kier alpha value is -0.870. The van der Waals surface area contributed by atoms with Crippen LogP contribution in [0.1, 0.15) is 30.0 Å². The lowest BCUT2D eigenvalue weighted by atomic mass is 10.0. The minimum Gasteiger partial charge on any atom is -0.340 e. The van der Waals surface area contributed by atoms with Crippen LogP contribution >= 0.6 is 11.3 Å². The minimum atomic E-state index is 0.321. The van der Waals surface area contributed by atoms with E-state index in [9.17, 15) is 4.79 Å². The highest BCUT2D eigenvalue weighted by atomic mass is 32.1. The molecule has 1 fully saturated rings. The number of carbonyl (C=O) groups excluding carboxylic acids is 1. The van der Waals surface area contributed by atoms with Crippen molar-refractivity contribution >= 4 is 17.2 Å². The molecule has 1 aromatic heterocycles. The molecule has 0 aromatic carbocycles. The van der Waals surface area contributed by atoms with Crippen LogP contribution in [0.15, 0.2) is 12.1 Å². The Bertz CT molecular complexity index is 410. The number of carbonyl (C=O) groups is 1. The quantitative estimate of drug-likeness (QED) is 0.897. The summed E-state index contributed by atoms with van der Waals surface area (Å²) in [5.41, 5.74) is 0. The summed E-state index contributed by atoms with van der Waals surface area (Å²) in [6.45, 7) is 7.98. The summed E-state index contributed by atoms with van der Waals surface area (Å²) in [5, 5.41) is 3.28. The van der Waals surface area contributed by atoms with Gasteiger partial charge in [0.15, 0.2) is 0 Å². The van der Waals surface area contributed by atoms with Gasteiger partial charge >= 0.3 is 0 Å². The van der Waals surface area contributed by atoms with Crippen molar-refractivity contribution in [1.29, 1.82) is 0 Å². The third-order valence-corrected chi connectivity index (χ3v) is 4.86. The molecule has 1 aromatic rings. The first-order chi connectivity index (χ1) is 9.19. The van der Waals surface area contributed by atoms with Crippen molar-refractivity contribution in [1.82, 2.24) is 10.2 Å². The normalized spacial score (nSPS) is 17.5. The SMILES string of the molecule is CCc1ccc(CC(C)CC(=O)N2CCNCC2)s1. The second-order valence-corrected chi connectivity index (χ2v) is 6.62. The minimum absolute atomic E-state index is 0.321. The van der Waals surface area contributed by atoms with Crippen molar-refractivity contribution in [2.24, 2.45) is 5.92 Å². The predicted molar refractivity (Wildman–Crippen MR) is 80.6 cm³/mol. The van der Waals surface area contributed by atoms with E-state index in [1.807, 2.05) is 16.2 Å². The number of rotatable bonds is 5. The number of amides is 1. The molecule has 19 heavy (non-hydrogen) atoms. The molecule has 1 saturated heterocycles. The van der Waals surface area contributed by atoms with E-state index < -0.39 is 0 Å². The highest BCUT2D eigenvalue weighted by Crippen LogP contribution is 2.21. The molecule has 1 atom stereocenters. The van der Waals surface area contributed by atoms with Crippen LogP contribution in [0.2, 0.25) is 0 Å². The Morgan fingerprint density at radius 3 is 2.68 bits per heavy atom. The Morgan fingerprint density at radius 1 is 1.37 bits per heavy atom. The van der Waals surface area contributed by atoms with Crippen LogP contribution in [0.4, 0.5) is 0 Å². The van der Waals surface area contributed by atoms with Crippen LogP contribution in [0.5, 0.6) is 0 Å². The topological polar surface area (TPSA) is 32.3 Å². The summed E-state index contributed by atoms with van der Waals surface area (Å²) in [4.78, 5) is 17.0. The van der Waals surface area contributed by atoms with Crippen LogP contribution in [-0.2, 0) is 17.6 Å². The van der Waals surface area contributed by atoms with Crippen molar-refractivity contribution in [3.63, 3.8) is 0 Å². The maximum absolute atomic E-state index is 12.2. The zero-order valence-electron chi connectivity index (χ0n) is 11.9. The number of hydrogen-bond donors (Lipinski definition) is 1. The molecule has 0 radical (unpaired) electrons. The second kappa shape index (κ2) is 7.06. The fourth-order valence-corrected chi connectivity index (χ4v) is 3.60. The van der Waals surface area contributed by atoms with E-state index in [2.05, 4.69) is 31.3 Å². The van der Waals surface area contributed by atoms with Crippen LogP contribution in [0, 0.1) is 5.92 Å². The average molecular weight is 280 g/mol. The van der Waals surface area contributed by atoms with Gasteiger partial charge in [-0.15, -0.1) is 11.3 Å². The largest absolute Gasteiger partial charge is 0.340 e. The van der Waals surface area contributed by atoms with Gasteiger partial charge < -0.3 is 10.2 Å². The van der Waals surface area contributed by atoms with Crippen molar-refractivity contribution in [3.05, 3.63) is 21.9 Å². The van der Waals surface area contributed by atoms with Gasteiger partial charge in [-0.05, 0) is 30.9 Å². The van der Waals surface area contributed by atoms with Gasteiger partial charge in [-0.3, -0.25) is 4.79 Å². The number of hydrogen-bond acceptors (Lipinski definition) is 3. The molecule has 1 aliphatic rings.